The molecule has 0 saturated carbocycles. The second-order valence-corrected chi connectivity index (χ2v) is 3.30. The number of nitrogen functional groups attached to an aromatic ring is 1. The van der Waals surface area contributed by atoms with Crippen LogP contribution in [0.4, 0.5) is 10.1 Å². The Morgan fingerprint density at radius 2 is 2.33 bits per heavy atom. The van der Waals surface area contributed by atoms with Crippen LogP contribution in [0.3, 0.4) is 0 Å². The summed E-state index contributed by atoms with van der Waals surface area (Å²) in [4.78, 5) is 11.5. The number of aliphatic hydroxyl groups is 1. The van der Waals surface area contributed by atoms with Crippen LogP contribution in [0.15, 0.2) is 18.2 Å². The van der Waals surface area contributed by atoms with E-state index in [4.69, 9.17) is 10.8 Å². The van der Waals surface area contributed by atoms with E-state index in [1.165, 1.54) is 12.1 Å². The average molecular weight is 212 g/mol. The van der Waals surface area contributed by atoms with E-state index in [0.29, 0.717) is 5.69 Å². The number of anilines is 1. The normalized spacial score (nSPS) is 12.2. The lowest BCUT2D eigenvalue weighted by molar-refractivity contribution is 0.0918. The molecule has 1 aromatic rings. The summed E-state index contributed by atoms with van der Waals surface area (Å²) < 4.78 is 13.2. The topological polar surface area (TPSA) is 75.3 Å². The molecule has 4 N–H and O–H groups in total. The van der Waals surface area contributed by atoms with Crippen molar-refractivity contribution in [3.63, 3.8) is 0 Å². The van der Waals surface area contributed by atoms with Gasteiger partial charge in [0.2, 0.25) is 0 Å². The number of rotatable bonds is 3. The van der Waals surface area contributed by atoms with Gasteiger partial charge in [0.1, 0.15) is 5.82 Å². The van der Waals surface area contributed by atoms with Crippen LogP contribution in [0.1, 0.15) is 17.3 Å². The third-order valence-electron chi connectivity index (χ3n) is 1.89. The van der Waals surface area contributed by atoms with Gasteiger partial charge in [0.05, 0.1) is 12.2 Å². The van der Waals surface area contributed by atoms with E-state index in [2.05, 4.69) is 5.32 Å². The van der Waals surface area contributed by atoms with E-state index in [1.54, 1.807) is 6.92 Å². The molecule has 1 rings (SSSR count). The number of hydrogen-bond donors (Lipinski definition) is 3. The fourth-order valence-electron chi connectivity index (χ4n) is 1.06. The van der Waals surface area contributed by atoms with Crippen molar-refractivity contribution in [2.45, 2.75) is 13.0 Å². The molecule has 1 amide bonds. The molecule has 0 aliphatic carbocycles. The van der Waals surface area contributed by atoms with Gasteiger partial charge in [-0.05, 0) is 25.1 Å². The summed E-state index contributed by atoms with van der Waals surface area (Å²) in [5, 5.41) is 11.2. The second kappa shape index (κ2) is 4.75. The monoisotopic (exact) mass is 212 g/mol. The number of carbonyl (C=O) groups is 1. The summed E-state index contributed by atoms with van der Waals surface area (Å²) in [6, 6.07) is 3.35. The van der Waals surface area contributed by atoms with Crippen molar-refractivity contribution in [2.75, 3.05) is 12.3 Å². The number of hydrogen-bond acceptors (Lipinski definition) is 3. The Morgan fingerprint density at radius 1 is 1.67 bits per heavy atom. The molecule has 4 nitrogen and oxygen atoms in total. The van der Waals surface area contributed by atoms with Gasteiger partial charge in [-0.2, -0.15) is 0 Å². The predicted molar refractivity (Wildman–Crippen MR) is 54.8 cm³/mol. The first kappa shape index (κ1) is 11.5. The van der Waals surface area contributed by atoms with Gasteiger partial charge in [-0.1, -0.05) is 0 Å². The highest BCUT2D eigenvalue weighted by Gasteiger charge is 2.13. The van der Waals surface area contributed by atoms with Gasteiger partial charge >= 0.3 is 0 Å². The van der Waals surface area contributed by atoms with Gasteiger partial charge in [0.25, 0.3) is 5.91 Å². The van der Waals surface area contributed by atoms with Crippen LogP contribution < -0.4 is 11.1 Å². The van der Waals surface area contributed by atoms with Crippen molar-refractivity contribution in [3.05, 3.63) is 29.6 Å². The van der Waals surface area contributed by atoms with Crippen LogP contribution in [-0.4, -0.2) is 23.7 Å². The van der Waals surface area contributed by atoms with E-state index < -0.39 is 17.8 Å². The lowest BCUT2D eigenvalue weighted by Crippen LogP contribution is -2.35. The first-order chi connectivity index (χ1) is 7.04. The predicted octanol–water partition coefficient (Wildman–Crippen LogP) is 0.519. The maximum atomic E-state index is 13.2. The number of nitrogens with two attached hydrogens (primary N) is 1. The Hall–Kier alpha value is -1.62. The Balaban J connectivity index is 2.86. The molecule has 0 saturated heterocycles. The molecule has 5 heteroatoms. The van der Waals surface area contributed by atoms with Crippen LogP contribution in [0.25, 0.3) is 0 Å². The minimum absolute atomic E-state index is 0.115. The first-order valence-electron chi connectivity index (χ1n) is 4.51. The number of halogens is 1. The van der Waals surface area contributed by atoms with Gasteiger partial charge in [-0.25, -0.2) is 4.39 Å². The minimum atomic E-state index is -0.633. The molecule has 0 spiro atoms. The van der Waals surface area contributed by atoms with E-state index in [0.717, 1.165) is 6.07 Å². The third-order valence-corrected chi connectivity index (χ3v) is 1.89. The van der Waals surface area contributed by atoms with Gasteiger partial charge in [0.15, 0.2) is 0 Å². The number of nitrogens with one attached hydrogen (secondary N) is 1. The number of carbonyl (C=O) groups excluding carboxylic acids is 1. The Bertz CT molecular complexity index is 368. The maximum Gasteiger partial charge on any atom is 0.254 e. The molecular formula is C10H13FN2O2. The zero-order chi connectivity index (χ0) is 11.4. The standard InChI is InChI=1S/C10H13FN2O2/c1-6(5-14)13-10(15)8-4-7(12)2-3-9(8)11/h2-4,6,14H,5,12H2,1H3,(H,13,15). The van der Waals surface area contributed by atoms with Crippen LogP contribution >= 0.6 is 0 Å². The lowest BCUT2D eigenvalue weighted by atomic mass is 10.1. The molecule has 0 heterocycles. The van der Waals surface area contributed by atoms with E-state index >= 15 is 0 Å². The zero-order valence-corrected chi connectivity index (χ0v) is 8.33. The average Bonchev–Trinajstić information content (AvgIpc) is 2.21. The van der Waals surface area contributed by atoms with Crippen LogP contribution in [0, 0.1) is 5.82 Å². The van der Waals surface area contributed by atoms with Crippen LogP contribution in [-0.2, 0) is 0 Å². The third kappa shape index (κ3) is 2.92. The first-order valence-corrected chi connectivity index (χ1v) is 4.51. The molecule has 0 aliphatic heterocycles. The van der Waals surface area contributed by atoms with E-state index in [9.17, 15) is 9.18 Å². The molecule has 15 heavy (non-hydrogen) atoms. The van der Waals surface area contributed by atoms with Crippen molar-refractivity contribution < 1.29 is 14.3 Å². The smallest absolute Gasteiger partial charge is 0.254 e. The van der Waals surface area contributed by atoms with Crippen molar-refractivity contribution in [2.24, 2.45) is 0 Å². The molecule has 0 aromatic heterocycles. The fraction of sp³-hybridized carbons (Fsp3) is 0.300. The summed E-state index contributed by atoms with van der Waals surface area (Å²) in [5.41, 5.74) is 5.63. The van der Waals surface area contributed by atoms with Crippen molar-refractivity contribution >= 4 is 11.6 Å². The molecule has 0 bridgehead atoms. The quantitative estimate of drug-likeness (QED) is 0.639. The summed E-state index contributed by atoms with van der Waals surface area (Å²) in [6.45, 7) is 1.41. The number of aliphatic hydroxyl groups excluding tert-OH is 1. The lowest BCUT2D eigenvalue weighted by Gasteiger charge is -2.11. The fourth-order valence-corrected chi connectivity index (χ4v) is 1.06. The molecular weight excluding hydrogens is 199 g/mol. The summed E-state index contributed by atoms with van der Waals surface area (Å²) in [7, 11) is 0. The highest BCUT2D eigenvalue weighted by molar-refractivity contribution is 5.95. The molecule has 0 radical (unpaired) electrons. The van der Waals surface area contributed by atoms with Gasteiger partial charge in [-0.3, -0.25) is 4.79 Å². The summed E-state index contributed by atoms with van der Waals surface area (Å²) in [5.74, 6) is -1.21. The van der Waals surface area contributed by atoms with E-state index in [-0.39, 0.29) is 12.2 Å². The Kier molecular flexibility index (Phi) is 3.62. The molecule has 0 aliphatic rings. The van der Waals surface area contributed by atoms with E-state index in [1.807, 2.05) is 0 Å². The summed E-state index contributed by atoms with van der Waals surface area (Å²) in [6.07, 6.45) is 0. The maximum absolute atomic E-state index is 13.2. The number of amides is 1. The van der Waals surface area contributed by atoms with Gasteiger partial charge < -0.3 is 16.2 Å². The summed E-state index contributed by atoms with van der Waals surface area (Å²) >= 11 is 0. The molecule has 0 fully saturated rings. The zero-order valence-electron chi connectivity index (χ0n) is 8.33. The second-order valence-electron chi connectivity index (χ2n) is 3.30. The highest BCUT2D eigenvalue weighted by Crippen LogP contribution is 2.11. The largest absolute Gasteiger partial charge is 0.399 e. The number of benzene rings is 1. The highest BCUT2D eigenvalue weighted by atomic mass is 19.1. The Morgan fingerprint density at radius 3 is 2.93 bits per heavy atom. The molecule has 82 valence electrons. The van der Waals surface area contributed by atoms with Crippen LogP contribution in [0.2, 0.25) is 0 Å². The molecule has 1 unspecified atom stereocenters. The van der Waals surface area contributed by atoms with Crippen molar-refractivity contribution in [1.29, 1.82) is 0 Å². The Labute approximate surface area is 86.9 Å². The molecule has 1 aromatic carbocycles. The van der Waals surface area contributed by atoms with Crippen molar-refractivity contribution in [1.82, 2.24) is 5.32 Å². The molecule has 1 atom stereocenters. The minimum Gasteiger partial charge on any atom is -0.399 e. The van der Waals surface area contributed by atoms with Crippen molar-refractivity contribution in [3.8, 4) is 0 Å². The SMILES string of the molecule is CC(CO)NC(=O)c1cc(N)ccc1F. The van der Waals surface area contributed by atoms with Gasteiger partial charge in [0, 0.05) is 11.7 Å². The van der Waals surface area contributed by atoms with Crippen LogP contribution in [0.5, 0.6) is 0 Å². The van der Waals surface area contributed by atoms with Gasteiger partial charge in [-0.15, -0.1) is 0 Å².